The van der Waals surface area contributed by atoms with Crippen molar-refractivity contribution < 1.29 is 23.0 Å². The molecule has 0 saturated carbocycles. The van der Waals surface area contributed by atoms with Gasteiger partial charge in [0.05, 0.1) is 32.7 Å². The fourth-order valence-electron chi connectivity index (χ4n) is 1.78. The van der Waals surface area contributed by atoms with Gasteiger partial charge in [-0.1, -0.05) is 15.9 Å². The third-order valence-electron chi connectivity index (χ3n) is 2.91. The molecule has 0 aliphatic carbocycles. The Balaban J connectivity index is 0.00000529. The summed E-state index contributed by atoms with van der Waals surface area (Å²) in [7, 11) is 0. The zero-order valence-corrected chi connectivity index (χ0v) is 15.9. The highest BCUT2D eigenvalue weighted by molar-refractivity contribution is 9.10. The van der Waals surface area contributed by atoms with Crippen LogP contribution in [0.15, 0.2) is 16.6 Å². The van der Waals surface area contributed by atoms with Crippen molar-refractivity contribution in [1.29, 1.82) is 0 Å². The lowest BCUT2D eigenvalue weighted by Gasteiger charge is -2.16. The highest BCUT2D eigenvalue weighted by Crippen LogP contribution is 2.34. The van der Waals surface area contributed by atoms with Gasteiger partial charge in [0.15, 0.2) is 11.5 Å². The van der Waals surface area contributed by atoms with Crippen LogP contribution >= 0.6 is 28.3 Å². The molecule has 0 radical (unpaired) electrons. The van der Waals surface area contributed by atoms with E-state index < -0.39 is 24.9 Å². The molecule has 138 valence electrons. The molecule has 0 aliphatic heterocycles. The van der Waals surface area contributed by atoms with Gasteiger partial charge >= 0.3 is 0 Å². The van der Waals surface area contributed by atoms with Crippen molar-refractivity contribution in [3.8, 4) is 11.5 Å². The molecule has 1 aromatic rings. The monoisotopic (exact) mass is 430 g/mol. The number of rotatable bonds is 9. The first-order chi connectivity index (χ1) is 10.8. The van der Waals surface area contributed by atoms with Gasteiger partial charge in [-0.05, 0) is 31.5 Å². The van der Waals surface area contributed by atoms with Crippen molar-refractivity contribution in [2.24, 2.45) is 5.73 Å². The SMILES string of the molecule is CCOc1cc(Br)c(CC(=O)NCC(F)(F)CN)cc1OCC.Cl. The number of ether oxygens (including phenoxy) is 2. The van der Waals surface area contributed by atoms with E-state index in [1.165, 1.54) is 0 Å². The maximum Gasteiger partial charge on any atom is 0.277 e. The molecule has 0 heterocycles. The molecule has 24 heavy (non-hydrogen) atoms. The number of hydrogen-bond donors (Lipinski definition) is 2. The number of halogens is 4. The van der Waals surface area contributed by atoms with Crippen LogP contribution in [0.25, 0.3) is 0 Å². The highest BCUT2D eigenvalue weighted by Gasteiger charge is 2.27. The highest BCUT2D eigenvalue weighted by atomic mass is 79.9. The summed E-state index contributed by atoms with van der Waals surface area (Å²) in [5.41, 5.74) is 5.54. The minimum atomic E-state index is -3.11. The maximum atomic E-state index is 13.0. The fourth-order valence-corrected chi connectivity index (χ4v) is 2.25. The molecule has 0 atom stereocenters. The molecule has 1 amide bonds. The molecule has 0 fully saturated rings. The Morgan fingerprint density at radius 2 is 1.79 bits per heavy atom. The Kier molecular flexibility index (Phi) is 10.2. The molecule has 1 rings (SSSR count). The average molecular weight is 432 g/mol. The van der Waals surface area contributed by atoms with Crippen LogP contribution in [0.1, 0.15) is 19.4 Å². The second kappa shape index (κ2) is 10.7. The van der Waals surface area contributed by atoms with Crippen LogP contribution in [0.5, 0.6) is 11.5 Å². The first-order valence-corrected chi connectivity index (χ1v) is 8.04. The van der Waals surface area contributed by atoms with Crippen LogP contribution in [0.3, 0.4) is 0 Å². The maximum absolute atomic E-state index is 13.0. The predicted octanol–water partition coefficient (Wildman–Crippen LogP) is 2.92. The van der Waals surface area contributed by atoms with Gasteiger partial charge in [-0.15, -0.1) is 12.4 Å². The number of benzene rings is 1. The number of carbonyl (C=O) groups is 1. The van der Waals surface area contributed by atoms with E-state index in [4.69, 9.17) is 15.2 Å². The summed E-state index contributed by atoms with van der Waals surface area (Å²) in [6.45, 7) is 3.00. The fraction of sp³-hybridized carbons (Fsp3) is 0.533. The summed E-state index contributed by atoms with van der Waals surface area (Å²) in [6, 6.07) is 3.37. The number of nitrogens with one attached hydrogen (secondary N) is 1. The van der Waals surface area contributed by atoms with E-state index in [1.54, 1.807) is 12.1 Å². The van der Waals surface area contributed by atoms with Gasteiger partial charge in [0.25, 0.3) is 5.92 Å². The standard InChI is InChI=1S/C15H21BrF2N2O3.ClH/c1-3-22-12-5-10(11(16)7-13(12)23-4-2)6-14(21)20-9-15(17,18)8-19;/h5,7H,3-4,6,8-9,19H2,1-2H3,(H,20,21);1H. The Morgan fingerprint density at radius 1 is 1.25 bits per heavy atom. The summed E-state index contributed by atoms with van der Waals surface area (Å²) in [6.07, 6.45) is -0.0618. The van der Waals surface area contributed by atoms with Gasteiger partial charge in [-0.25, -0.2) is 8.78 Å². The summed E-state index contributed by atoms with van der Waals surface area (Å²) in [5.74, 6) is -2.57. The van der Waals surface area contributed by atoms with E-state index in [9.17, 15) is 13.6 Å². The number of nitrogens with two attached hydrogens (primary N) is 1. The van der Waals surface area contributed by atoms with E-state index in [1.807, 2.05) is 13.8 Å². The normalized spacial score (nSPS) is 10.8. The van der Waals surface area contributed by atoms with Crippen molar-refractivity contribution in [3.05, 3.63) is 22.2 Å². The molecule has 0 saturated heterocycles. The molecule has 0 aromatic heterocycles. The number of carbonyl (C=O) groups excluding carboxylic acids is 1. The van der Waals surface area contributed by atoms with Gasteiger partial charge in [-0.3, -0.25) is 4.79 Å². The zero-order chi connectivity index (χ0) is 17.5. The Hall–Kier alpha value is -1.12. The summed E-state index contributed by atoms with van der Waals surface area (Å²) in [5, 5.41) is 2.18. The Bertz CT molecular complexity index is 548. The van der Waals surface area contributed by atoms with Crippen LogP contribution in [0.4, 0.5) is 8.78 Å². The quantitative estimate of drug-likeness (QED) is 0.630. The third-order valence-corrected chi connectivity index (χ3v) is 3.64. The third kappa shape index (κ3) is 7.19. The van der Waals surface area contributed by atoms with Crippen LogP contribution in [-0.4, -0.2) is 38.1 Å². The van der Waals surface area contributed by atoms with Gasteiger partial charge in [-0.2, -0.15) is 0 Å². The molecular weight excluding hydrogens is 410 g/mol. The summed E-state index contributed by atoms with van der Waals surface area (Å²) in [4.78, 5) is 11.8. The van der Waals surface area contributed by atoms with E-state index in [-0.39, 0.29) is 18.8 Å². The molecule has 0 bridgehead atoms. The molecule has 3 N–H and O–H groups in total. The second-order valence-electron chi connectivity index (χ2n) is 4.77. The number of alkyl halides is 2. The summed E-state index contributed by atoms with van der Waals surface area (Å²) < 4.78 is 37.7. The topological polar surface area (TPSA) is 73.6 Å². The van der Waals surface area contributed by atoms with E-state index in [2.05, 4.69) is 21.2 Å². The van der Waals surface area contributed by atoms with Crippen LogP contribution < -0.4 is 20.5 Å². The first-order valence-electron chi connectivity index (χ1n) is 7.25. The first kappa shape index (κ1) is 22.9. The molecule has 0 aliphatic rings. The minimum Gasteiger partial charge on any atom is -0.490 e. The molecule has 0 spiro atoms. The molecule has 5 nitrogen and oxygen atoms in total. The molecule has 1 aromatic carbocycles. The minimum absolute atomic E-state index is 0. The largest absolute Gasteiger partial charge is 0.490 e. The lowest BCUT2D eigenvalue weighted by molar-refractivity contribution is -0.122. The molecule has 9 heteroatoms. The van der Waals surface area contributed by atoms with Gasteiger partial charge < -0.3 is 20.5 Å². The van der Waals surface area contributed by atoms with Gasteiger partial charge in [0.1, 0.15) is 0 Å². The van der Waals surface area contributed by atoms with Crippen molar-refractivity contribution in [1.82, 2.24) is 5.32 Å². The molecule has 0 unspecified atom stereocenters. The van der Waals surface area contributed by atoms with Crippen LogP contribution in [0, 0.1) is 0 Å². The number of hydrogen-bond acceptors (Lipinski definition) is 4. The van der Waals surface area contributed by atoms with E-state index in [0.29, 0.717) is 34.7 Å². The lowest BCUT2D eigenvalue weighted by atomic mass is 10.1. The summed E-state index contributed by atoms with van der Waals surface area (Å²) >= 11 is 3.35. The van der Waals surface area contributed by atoms with E-state index >= 15 is 0 Å². The van der Waals surface area contributed by atoms with Crippen molar-refractivity contribution in [2.45, 2.75) is 26.2 Å². The average Bonchev–Trinajstić information content (AvgIpc) is 2.50. The second-order valence-corrected chi connectivity index (χ2v) is 5.62. The van der Waals surface area contributed by atoms with Crippen molar-refractivity contribution in [2.75, 3.05) is 26.3 Å². The van der Waals surface area contributed by atoms with Crippen molar-refractivity contribution in [3.63, 3.8) is 0 Å². The van der Waals surface area contributed by atoms with Crippen LogP contribution in [-0.2, 0) is 11.2 Å². The van der Waals surface area contributed by atoms with E-state index in [0.717, 1.165) is 0 Å². The molecular formula is C15H22BrClF2N2O3. The van der Waals surface area contributed by atoms with Crippen LogP contribution in [0.2, 0.25) is 0 Å². The lowest BCUT2D eigenvalue weighted by Crippen LogP contribution is -2.42. The van der Waals surface area contributed by atoms with Crippen molar-refractivity contribution >= 4 is 34.2 Å². The van der Waals surface area contributed by atoms with Gasteiger partial charge in [0, 0.05) is 4.47 Å². The smallest absolute Gasteiger partial charge is 0.277 e. The Morgan fingerprint density at radius 3 is 2.29 bits per heavy atom. The van der Waals surface area contributed by atoms with Gasteiger partial charge in [0.2, 0.25) is 5.91 Å². The zero-order valence-electron chi connectivity index (χ0n) is 13.5. The Labute approximate surface area is 154 Å². The number of amides is 1. The predicted molar refractivity (Wildman–Crippen MR) is 94.4 cm³/mol.